The van der Waals surface area contributed by atoms with Gasteiger partial charge in [-0.25, -0.2) is 4.79 Å². The molecule has 1 heterocycles. The van der Waals surface area contributed by atoms with Gasteiger partial charge in [0.2, 0.25) is 0 Å². The summed E-state index contributed by atoms with van der Waals surface area (Å²) in [4.78, 5) is 23.6. The van der Waals surface area contributed by atoms with E-state index in [1.54, 1.807) is 0 Å². The molecule has 1 aliphatic rings. The van der Waals surface area contributed by atoms with Crippen molar-refractivity contribution in [3.05, 3.63) is 11.3 Å². The maximum absolute atomic E-state index is 12.0. The van der Waals surface area contributed by atoms with Gasteiger partial charge in [0.05, 0.1) is 6.61 Å². The molecule has 0 saturated carbocycles. The summed E-state index contributed by atoms with van der Waals surface area (Å²) in [5.74, 6) is -1.62. The highest BCUT2D eigenvalue weighted by molar-refractivity contribution is 6.19. The first-order valence-corrected chi connectivity index (χ1v) is 10.4. The molecule has 0 aliphatic carbocycles. The van der Waals surface area contributed by atoms with Gasteiger partial charge in [0.1, 0.15) is 5.57 Å². The van der Waals surface area contributed by atoms with Gasteiger partial charge in [0.25, 0.3) is 0 Å². The number of cyclic esters (lactones) is 1. The lowest BCUT2D eigenvalue weighted by molar-refractivity contribution is -0.142. The van der Waals surface area contributed by atoms with Crippen molar-refractivity contribution in [2.75, 3.05) is 6.61 Å². The van der Waals surface area contributed by atoms with Crippen LogP contribution in [0.25, 0.3) is 0 Å². The van der Waals surface area contributed by atoms with E-state index in [2.05, 4.69) is 6.92 Å². The molecule has 0 saturated heterocycles. The third kappa shape index (κ3) is 8.35. The van der Waals surface area contributed by atoms with Crippen LogP contribution in [0.5, 0.6) is 0 Å². The SMILES string of the molecule is CCCCCCCCCCCCCCCC(=O)C1=C(O)C(CO)OC1=O. The summed E-state index contributed by atoms with van der Waals surface area (Å²) < 4.78 is 4.74. The number of hydrogen-bond acceptors (Lipinski definition) is 5. The number of aliphatic hydroxyl groups excluding tert-OH is 2. The normalized spacial score (nSPS) is 17.0. The number of aliphatic hydroxyl groups is 2. The predicted octanol–water partition coefficient (Wildman–Crippen LogP) is 4.77. The number of rotatable bonds is 16. The maximum Gasteiger partial charge on any atom is 0.346 e. The van der Waals surface area contributed by atoms with Crippen molar-refractivity contribution in [1.82, 2.24) is 0 Å². The molecule has 1 atom stereocenters. The van der Waals surface area contributed by atoms with Crippen molar-refractivity contribution in [2.24, 2.45) is 0 Å². The molecule has 0 aromatic carbocycles. The minimum absolute atomic E-state index is 0.240. The highest BCUT2D eigenvalue weighted by Crippen LogP contribution is 2.23. The zero-order valence-corrected chi connectivity index (χ0v) is 16.3. The number of carbonyl (C=O) groups is 2. The topological polar surface area (TPSA) is 83.8 Å². The van der Waals surface area contributed by atoms with E-state index in [0.29, 0.717) is 6.42 Å². The van der Waals surface area contributed by atoms with Gasteiger partial charge in [-0.15, -0.1) is 0 Å². The second-order valence-corrected chi connectivity index (χ2v) is 7.25. The van der Waals surface area contributed by atoms with Crippen molar-refractivity contribution in [2.45, 2.75) is 103 Å². The van der Waals surface area contributed by atoms with Crippen LogP contribution in [0.3, 0.4) is 0 Å². The van der Waals surface area contributed by atoms with Gasteiger partial charge in [0.15, 0.2) is 17.6 Å². The quantitative estimate of drug-likeness (QED) is 0.233. The molecular weight excluding hydrogens is 332 g/mol. The number of unbranched alkanes of at least 4 members (excludes halogenated alkanes) is 12. The molecule has 0 spiro atoms. The Bertz CT molecular complexity index is 455. The number of carbonyl (C=O) groups excluding carboxylic acids is 2. The molecule has 2 N–H and O–H groups in total. The monoisotopic (exact) mass is 368 g/mol. The Morgan fingerprint density at radius 2 is 1.35 bits per heavy atom. The lowest BCUT2D eigenvalue weighted by Gasteiger charge is -2.04. The molecule has 0 aromatic rings. The molecule has 150 valence electrons. The van der Waals surface area contributed by atoms with Crippen molar-refractivity contribution in [1.29, 1.82) is 0 Å². The van der Waals surface area contributed by atoms with Crippen molar-refractivity contribution >= 4 is 11.8 Å². The molecular formula is C21H36O5. The summed E-state index contributed by atoms with van der Waals surface area (Å²) in [6.07, 6.45) is 15.1. The maximum atomic E-state index is 12.0. The van der Waals surface area contributed by atoms with Crippen LogP contribution in [0.4, 0.5) is 0 Å². The third-order valence-electron chi connectivity index (χ3n) is 4.97. The standard InChI is InChI=1S/C21H36O5/c1-2-3-4-5-6-7-8-9-10-11-12-13-14-15-17(23)19-20(24)18(16-22)26-21(19)25/h18,22,24H,2-16H2,1H3. The van der Waals surface area contributed by atoms with Crippen LogP contribution in [0.2, 0.25) is 0 Å². The molecule has 1 aliphatic heterocycles. The van der Waals surface area contributed by atoms with Gasteiger partial charge >= 0.3 is 5.97 Å². The lowest BCUT2D eigenvalue weighted by Crippen LogP contribution is -2.15. The van der Waals surface area contributed by atoms with Gasteiger partial charge in [-0.1, -0.05) is 84.0 Å². The summed E-state index contributed by atoms with van der Waals surface area (Å²) in [6.45, 7) is 1.74. The second kappa shape index (κ2) is 13.8. The van der Waals surface area contributed by atoms with E-state index in [1.165, 1.54) is 64.2 Å². The molecule has 26 heavy (non-hydrogen) atoms. The summed E-state index contributed by atoms with van der Waals surface area (Å²) in [7, 11) is 0. The number of Topliss-reactive ketones (excluding diaryl/α,β-unsaturated/α-hetero) is 1. The molecule has 5 heteroatoms. The number of esters is 1. The summed E-state index contributed by atoms with van der Waals surface area (Å²) in [6, 6.07) is 0. The van der Waals surface area contributed by atoms with Gasteiger partial charge in [0, 0.05) is 6.42 Å². The Balaban J connectivity index is 1.98. The van der Waals surface area contributed by atoms with Crippen LogP contribution < -0.4 is 0 Å². The van der Waals surface area contributed by atoms with Crippen molar-refractivity contribution in [3.8, 4) is 0 Å². The van der Waals surface area contributed by atoms with E-state index >= 15 is 0 Å². The second-order valence-electron chi connectivity index (χ2n) is 7.25. The van der Waals surface area contributed by atoms with Crippen molar-refractivity contribution in [3.63, 3.8) is 0 Å². The van der Waals surface area contributed by atoms with Gasteiger partial charge in [-0.05, 0) is 6.42 Å². The van der Waals surface area contributed by atoms with E-state index in [-0.39, 0.29) is 17.8 Å². The fourth-order valence-electron chi connectivity index (χ4n) is 3.32. The number of ether oxygens (including phenoxy) is 1. The number of hydrogen-bond donors (Lipinski definition) is 2. The summed E-state index contributed by atoms with van der Waals surface area (Å²) in [5, 5.41) is 18.7. The van der Waals surface area contributed by atoms with E-state index in [0.717, 1.165) is 12.8 Å². The molecule has 1 unspecified atom stereocenters. The van der Waals surface area contributed by atoms with E-state index in [1.807, 2.05) is 0 Å². The minimum atomic E-state index is -1.08. The first-order valence-electron chi connectivity index (χ1n) is 10.4. The Labute approximate surface area is 157 Å². The van der Waals surface area contributed by atoms with E-state index in [9.17, 15) is 14.7 Å². The largest absolute Gasteiger partial charge is 0.507 e. The molecule has 0 radical (unpaired) electrons. The van der Waals surface area contributed by atoms with Crippen LogP contribution in [0, 0.1) is 0 Å². The predicted molar refractivity (Wildman–Crippen MR) is 102 cm³/mol. The van der Waals surface area contributed by atoms with Gasteiger partial charge in [-0.3, -0.25) is 4.79 Å². The summed E-state index contributed by atoms with van der Waals surface area (Å²) in [5.41, 5.74) is -0.275. The fourth-order valence-corrected chi connectivity index (χ4v) is 3.32. The van der Waals surface area contributed by atoms with E-state index < -0.39 is 24.4 Å². The van der Waals surface area contributed by atoms with Crippen LogP contribution in [-0.4, -0.2) is 34.7 Å². The molecule has 1 rings (SSSR count). The molecule has 5 nitrogen and oxygen atoms in total. The smallest absolute Gasteiger partial charge is 0.346 e. The Morgan fingerprint density at radius 1 is 0.885 bits per heavy atom. The van der Waals surface area contributed by atoms with Crippen LogP contribution >= 0.6 is 0 Å². The van der Waals surface area contributed by atoms with Crippen molar-refractivity contribution < 1.29 is 24.5 Å². The third-order valence-corrected chi connectivity index (χ3v) is 4.97. The molecule has 0 bridgehead atoms. The fraction of sp³-hybridized carbons (Fsp3) is 0.810. The zero-order valence-electron chi connectivity index (χ0n) is 16.3. The van der Waals surface area contributed by atoms with Crippen LogP contribution in [0.15, 0.2) is 11.3 Å². The summed E-state index contributed by atoms with van der Waals surface area (Å²) >= 11 is 0. The van der Waals surface area contributed by atoms with Gasteiger partial charge in [-0.2, -0.15) is 0 Å². The average Bonchev–Trinajstić information content (AvgIpc) is 2.92. The van der Waals surface area contributed by atoms with E-state index in [4.69, 9.17) is 9.84 Å². The van der Waals surface area contributed by atoms with Gasteiger partial charge < -0.3 is 14.9 Å². The zero-order chi connectivity index (χ0) is 19.2. The number of ketones is 1. The highest BCUT2D eigenvalue weighted by atomic mass is 16.6. The first kappa shape index (κ1) is 22.7. The molecule has 0 fully saturated rings. The lowest BCUT2D eigenvalue weighted by atomic mass is 10.0. The van der Waals surface area contributed by atoms with Crippen LogP contribution in [-0.2, 0) is 14.3 Å². The average molecular weight is 369 g/mol. The highest BCUT2D eigenvalue weighted by Gasteiger charge is 2.37. The van der Waals surface area contributed by atoms with Crippen LogP contribution in [0.1, 0.15) is 96.8 Å². The Kier molecular flexibility index (Phi) is 12.0. The Morgan fingerprint density at radius 3 is 1.77 bits per heavy atom. The molecule has 0 aromatic heterocycles. The Hall–Kier alpha value is -1.36. The minimum Gasteiger partial charge on any atom is -0.507 e. The first-order chi connectivity index (χ1) is 12.6. The molecule has 0 amide bonds.